The highest BCUT2D eigenvalue weighted by molar-refractivity contribution is 6.03. The number of carbonyl (C=O) groups is 1. The number of aryl methyl sites for hydroxylation is 1. The van der Waals surface area contributed by atoms with Gasteiger partial charge in [-0.15, -0.1) is 0 Å². The van der Waals surface area contributed by atoms with Crippen LogP contribution in [0.25, 0.3) is 11.0 Å². The largest absolute Gasteiger partial charge is 0.489 e. The van der Waals surface area contributed by atoms with Gasteiger partial charge in [-0.1, -0.05) is 6.07 Å². The van der Waals surface area contributed by atoms with Gasteiger partial charge in [0.2, 0.25) is 0 Å². The molecule has 0 fully saturated rings. The van der Waals surface area contributed by atoms with Crippen molar-refractivity contribution in [1.29, 1.82) is 0 Å². The molecule has 0 atom stereocenters. The third kappa shape index (κ3) is 2.92. The Morgan fingerprint density at radius 1 is 1.38 bits per heavy atom. The predicted molar refractivity (Wildman–Crippen MR) is 81.4 cm³/mol. The van der Waals surface area contributed by atoms with Crippen molar-refractivity contribution < 1.29 is 27.8 Å². The zero-order valence-corrected chi connectivity index (χ0v) is 12.6. The minimum Gasteiger partial charge on any atom is -0.489 e. The fourth-order valence-electron chi connectivity index (χ4n) is 2.49. The summed E-state index contributed by atoms with van der Waals surface area (Å²) < 4.78 is 36.7. The molecule has 1 aromatic carbocycles. The Bertz CT molecular complexity index is 905. The van der Waals surface area contributed by atoms with Gasteiger partial charge in [0.05, 0.1) is 0 Å². The standard InChI is InChI=1S/C17H13F2NO4/c1-9-14(17(21)22)12-7-11(4-5-13(12)24-9)23-8-10-3-2-6-20-15(10)16(18)19/h2-7,16H,8H2,1H3,(H,21,22). The molecule has 2 aromatic heterocycles. The molecule has 0 unspecified atom stereocenters. The summed E-state index contributed by atoms with van der Waals surface area (Å²) in [6.07, 6.45) is -1.40. The second kappa shape index (κ2) is 6.27. The molecule has 0 aliphatic rings. The SMILES string of the molecule is Cc1oc2ccc(OCc3cccnc3C(F)F)cc2c1C(=O)O. The Morgan fingerprint density at radius 3 is 2.88 bits per heavy atom. The number of carboxylic acids is 1. The predicted octanol–water partition coefficient (Wildman–Crippen LogP) is 4.35. The second-order valence-corrected chi connectivity index (χ2v) is 5.13. The molecule has 0 aliphatic heterocycles. The van der Waals surface area contributed by atoms with Crippen LogP contribution in [0.3, 0.4) is 0 Å². The molecule has 0 saturated carbocycles. The molecule has 0 aliphatic carbocycles. The van der Waals surface area contributed by atoms with Gasteiger partial charge in [-0.2, -0.15) is 0 Å². The molecule has 0 amide bonds. The first kappa shape index (κ1) is 15.9. The van der Waals surface area contributed by atoms with E-state index in [1.807, 2.05) is 0 Å². The van der Waals surface area contributed by atoms with E-state index >= 15 is 0 Å². The summed E-state index contributed by atoms with van der Waals surface area (Å²) in [5.74, 6) is -0.451. The van der Waals surface area contributed by atoms with E-state index in [0.29, 0.717) is 22.5 Å². The lowest BCUT2D eigenvalue weighted by Crippen LogP contribution is -2.03. The van der Waals surface area contributed by atoms with E-state index in [9.17, 15) is 18.7 Å². The third-order valence-electron chi connectivity index (χ3n) is 3.58. The summed E-state index contributed by atoms with van der Waals surface area (Å²) in [7, 11) is 0. The molecule has 0 saturated heterocycles. The minimum atomic E-state index is -2.69. The number of aromatic nitrogens is 1. The number of pyridine rings is 1. The van der Waals surface area contributed by atoms with E-state index in [4.69, 9.17) is 9.15 Å². The fourth-order valence-corrected chi connectivity index (χ4v) is 2.49. The molecule has 5 nitrogen and oxygen atoms in total. The van der Waals surface area contributed by atoms with Gasteiger partial charge in [0.1, 0.15) is 35.0 Å². The van der Waals surface area contributed by atoms with Gasteiger partial charge in [0.15, 0.2) is 0 Å². The van der Waals surface area contributed by atoms with Crippen molar-refractivity contribution in [3.63, 3.8) is 0 Å². The maximum atomic E-state index is 12.9. The molecule has 7 heteroatoms. The van der Waals surface area contributed by atoms with E-state index in [-0.39, 0.29) is 23.4 Å². The average molecular weight is 333 g/mol. The van der Waals surface area contributed by atoms with Crippen molar-refractivity contribution in [2.45, 2.75) is 20.0 Å². The lowest BCUT2D eigenvalue weighted by molar-refractivity contribution is 0.0697. The van der Waals surface area contributed by atoms with Crippen LogP contribution in [-0.2, 0) is 6.61 Å². The molecule has 124 valence electrons. The third-order valence-corrected chi connectivity index (χ3v) is 3.58. The van der Waals surface area contributed by atoms with Crippen molar-refractivity contribution >= 4 is 16.9 Å². The van der Waals surface area contributed by atoms with E-state index < -0.39 is 12.4 Å². The molecule has 0 spiro atoms. The average Bonchev–Trinajstić information content (AvgIpc) is 2.88. The van der Waals surface area contributed by atoms with Crippen molar-refractivity contribution in [3.05, 3.63) is 59.1 Å². The molecule has 3 aromatic rings. The maximum Gasteiger partial charge on any atom is 0.339 e. The Balaban J connectivity index is 1.89. The quantitative estimate of drug-likeness (QED) is 0.751. The first-order valence-electron chi connectivity index (χ1n) is 7.08. The van der Waals surface area contributed by atoms with Crippen LogP contribution in [0.2, 0.25) is 0 Å². The number of alkyl halides is 2. The van der Waals surface area contributed by atoms with Gasteiger partial charge in [-0.3, -0.25) is 4.98 Å². The summed E-state index contributed by atoms with van der Waals surface area (Å²) >= 11 is 0. The molecule has 24 heavy (non-hydrogen) atoms. The number of hydrogen-bond acceptors (Lipinski definition) is 4. The van der Waals surface area contributed by atoms with Crippen LogP contribution < -0.4 is 4.74 Å². The number of furan rings is 1. The zero-order valence-electron chi connectivity index (χ0n) is 12.6. The Kier molecular flexibility index (Phi) is 4.16. The lowest BCUT2D eigenvalue weighted by Gasteiger charge is -2.09. The van der Waals surface area contributed by atoms with Gasteiger partial charge in [-0.25, -0.2) is 13.6 Å². The molecule has 0 radical (unpaired) electrons. The summed E-state index contributed by atoms with van der Waals surface area (Å²) in [6.45, 7) is 1.47. The van der Waals surface area contributed by atoms with Crippen LogP contribution >= 0.6 is 0 Å². The number of benzene rings is 1. The van der Waals surface area contributed by atoms with Gasteiger partial charge < -0.3 is 14.3 Å². The molecule has 2 heterocycles. The van der Waals surface area contributed by atoms with E-state index in [1.165, 1.54) is 18.3 Å². The number of halogens is 2. The van der Waals surface area contributed by atoms with Crippen LogP contribution in [0.1, 0.15) is 33.8 Å². The Hall–Kier alpha value is -2.96. The normalized spacial score (nSPS) is 11.2. The first-order chi connectivity index (χ1) is 11.5. The summed E-state index contributed by atoms with van der Waals surface area (Å²) in [6, 6.07) is 7.76. The molecule has 1 N–H and O–H groups in total. The van der Waals surface area contributed by atoms with Crippen LogP contribution in [-0.4, -0.2) is 16.1 Å². The summed E-state index contributed by atoms with van der Waals surface area (Å²) in [5, 5.41) is 9.66. The number of hydrogen-bond donors (Lipinski definition) is 1. The summed E-state index contributed by atoms with van der Waals surface area (Å²) in [4.78, 5) is 15.0. The lowest BCUT2D eigenvalue weighted by atomic mass is 10.1. The highest BCUT2D eigenvalue weighted by Gasteiger charge is 2.18. The first-order valence-corrected chi connectivity index (χ1v) is 7.08. The maximum absolute atomic E-state index is 12.9. The highest BCUT2D eigenvalue weighted by Crippen LogP contribution is 2.30. The van der Waals surface area contributed by atoms with Crippen molar-refractivity contribution in [1.82, 2.24) is 4.98 Å². The molecular weight excluding hydrogens is 320 g/mol. The topological polar surface area (TPSA) is 72.6 Å². The number of fused-ring (bicyclic) bond motifs is 1. The number of aromatic carboxylic acids is 1. The Morgan fingerprint density at radius 2 is 2.17 bits per heavy atom. The van der Waals surface area contributed by atoms with Gasteiger partial charge in [0.25, 0.3) is 6.43 Å². The van der Waals surface area contributed by atoms with Gasteiger partial charge in [-0.05, 0) is 31.2 Å². The fraction of sp³-hybridized carbons (Fsp3) is 0.176. The molecule has 0 bridgehead atoms. The molecule has 3 rings (SSSR count). The minimum absolute atomic E-state index is 0.0603. The highest BCUT2D eigenvalue weighted by atomic mass is 19.3. The number of ether oxygens (including phenoxy) is 1. The summed E-state index contributed by atoms with van der Waals surface area (Å²) in [5.41, 5.74) is 0.426. The van der Waals surface area contributed by atoms with Crippen molar-refractivity contribution in [3.8, 4) is 5.75 Å². The van der Waals surface area contributed by atoms with Gasteiger partial charge in [0, 0.05) is 17.1 Å². The Labute approximate surface area is 135 Å². The van der Waals surface area contributed by atoms with Crippen molar-refractivity contribution in [2.24, 2.45) is 0 Å². The van der Waals surface area contributed by atoms with Crippen LogP contribution in [0.4, 0.5) is 8.78 Å². The molecular formula is C17H13F2NO4. The van der Waals surface area contributed by atoms with E-state index in [1.54, 1.807) is 25.1 Å². The number of rotatable bonds is 5. The van der Waals surface area contributed by atoms with Gasteiger partial charge >= 0.3 is 5.97 Å². The van der Waals surface area contributed by atoms with E-state index in [2.05, 4.69) is 4.98 Å². The second-order valence-electron chi connectivity index (χ2n) is 5.13. The van der Waals surface area contributed by atoms with Crippen LogP contribution in [0, 0.1) is 6.92 Å². The smallest absolute Gasteiger partial charge is 0.339 e. The van der Waals surface area contributed by atoms with Crippen LogP contribution in [0.15, 0.2) is 40.9 Å². The monoisotopic (exact) mass is 333 g/mol. The number of carboxylic acid groups (broad SMARTS) is 1. The van der Waals surface area contributed by atoms with Crippen molar-refractivity contribution in [2.75, 3.05) is 0 Å². The van der Waals surface area contributed by atoms with E-state index in [0.717, 1.165) is 0 Å². The zero-order chi connectivity index (χ0) is 17.3. The van der Waals surface area contributed by atoms with Crippen LogP contribution in [0.5, 0.6) is 5.75 Å². The number of nitrogens with zero attached hydrogens (tertiary/aromatic N) is 1.